The van der Waals surface area contributed by atoms with Crippen LogP contribution in [0.15, 0.2) is 51.6 Å². The van der Waals surface area contributed by atoms with Crippen molar-refractivity contribution in [1.29, 1.82) is 0 Å². The van der Waals surface area contributed by atoms with Crippen LogP contribution >= 0.6 is 0 Å². The molecule has 1 N–H and O–H groups in total. The normalized spacial score (nSPS) is 11.9. The summed E-state index contributed by atoms with van der Waals surface area (Å²) >= 11 is 0. The van der Waals surface area contributed by atoms with Gasteiger partial charge >= 0.3 is 0 Å². The molecule has 3 rings (SSSR count). The predicted octanol–water partition coefficient (Wildman–Crippen LogP) is 2.83. The van der Waals surface area contributed by atoms with Gasteiger partial charge in [0.15, 0.2) is 5.76 Å². The van der Waals surface area contributed by atoms with Crippen molar-refractivity contribution in [2.24, 2.45) is 0 Å². The van der Waals surface area contributed by atoms with E-state index < -0.39 is 6.04 Å². The molecule has 1 atom stereocenters. The summed E-state index contributed by atoms with van der Waals surface area (Å²) in [6.45, 7) is 1.75. The highest BCUT2D eigenvalue weighted by molar-refractivity contribution is 5.91. The molecule has 1 aromatic carbocycles. The molecule has 0 saturated heterocycles. The second kappa shape index (κ2) is 6.35. The number of carbonyl (C=O) groups excluding carboxylic acids is 1. The monoisotopic (exact) mass is 313 g/mol. The number of para-hydroxylation sites is 1. The fraction of sp³-hybridized carbons (Fsp3) is 0.188. The predicted molar refractivity (Wildman–Crippen MR) is 80.9 cm³/mol. The van der Waals surface area contributed by atoms with Crippen molar-refractivity contribution >= 4 is 5.91 Å². The first-order valence-electron chi connectivity index (χ1n) is 7.00. The van der Waals surface area contributed by atoms with E-state index >= 15 is 0 Å². The van der Waals surface area contributed by atoms with Gasteiger partial charge < -0.3 is 19.0 Å². The maximum atomic E-state index is 12.0. The van der Waals surface area contributed by atoms with E-state index in [2.05, 4.69) is 15.5 Å². The number of carbonyl (C=O) groups is 1. The molecule has 3 aromatic rings. The van der Waals surface area contributed by atoms with Crippen LogP contribution in [0, 0.1) is 0 Å². The zero-order valence-electron chi connectivity index (χ0n) is 12.6. The second-order valence-electron chi connectivity index (χ2n) is 4.83. The van der Waals surface area contributed by atoms with Crippen molar-refractivity contribution < 1.29 is 18.5 Å². The molecule has 7 nitrogen and oxygen atoms in total. The molecular formula is C16H15N3O4. The van der Waals surface area contributed by atoms with Crippen molar-refractivity contribution in [2.45, 2.75) is 13.0 Å². The molecule has 0 aliphatic rings. The largest absolute Gasteiger partial charge is 0.496 e. The fourth-order valence-corrected chi connectivity index (χ4v) is 2.09. The zero-order chi connectivity index (χ0) is 16.2. The molecule has 118 valence electrons. The highest BCUT2D eigenvalue weighted by atomic mass is 16.5. The molecular weight excluding hydrogens is 298 g/mol. The lowest BCUT2D eigenvalue weighted by molar-refractivity contribution is 0.0904. The third-order valence-electron chi connectivity index (χ3n) is 3.25. The molecule has 0 aliphatic carbocycles. The molecule has 0 saturated carbocycles. The lowest BCUT2D eigenvalue weighted by atomic mass is 10.2. The van der Waals surface area contributed by atoms with Gasteiger partial charge in [-0.3, -0.25) is 4.79 Å². The molecule has 2 heterocycles. The van der Waals surface area contributed by atoms with Gasteiger partial charge in [0.1, 0.15) is 11.8 Å². The van der Waals surface area contributed by atoms with Crippen LogP contribution in [-0.4, -0.2) is 23.2 Å². The average Bonchev–Trinajstić information content (AvgIpc) is 3.26. The maximum Gasteiger partial charge on any atom is 0.287 e. The Hall–Kier alpha value is -3.09. The Kier molecular flexibility index (Phi) is 4.09. The molecule has 0 spiro atoms. The Balaban J connectivity index is 1.77. The number of hydrogen-bond acceptors (Lipinski definition) is 6. The lowest BCUT2D eigenvalue weighted by Crippen LogP contribution is -2.26. The molecule has 1 amide bonds. The van der Waals surface area contributed by atoms with Crippen LogP contribution in [0.2, 0.25) is 0 Å². The van der Waals surface area contributed by atoms with Gasteiger partial charge in [-0.15, -0.1) is 0 Å². The number of nitrogens with zero attached hydrogens (tertiary/aromatic N) is 2. The van der Waals surface area contributed by atoms with Crippen LogP contribution in [0.4, 0.5) is 0 Å². The van der Waals surface area contributed by atoms with Crippen LogP contribution in [0.3, 0.4) is 0 Å². The second-order valence-corrected chi connectivity index (χ2v) is 4.83. The van der Waals surface area contributed by atoms with Crippen molar-refractivity contribution in [2.75, 3.05) is 7.11 Å². The molecule has 0 aliphatic heterocycles. The molecule has 0 unspecified atom stereocenters. The molecule has 2 aromatic heterocycles. The highest BCUT2D eigenvalue weighted by Crippen LogP contribution is 2.27. The lowest BCUT2D eigenvalue weighted by Gasteiger charge is -2.07. The molecule has 23 heavy (non-hydrogen) atoms. The van der Waals surface area contributed by atoms with E-state index in [9.17, 15) is 4.79 Å². The van der Waals surface area contributed by atoms with Crippen LogP contribution < -0.4 is 10.1 Å². The number of furan rings is 1. The first-order valence-corrected chi connectivity index (χ1v) is 7.00. The SMILES string of the molecule is COc1ccccc1-c1noc([C@H](C)NC(=O)c2ccco2)n1. The number of methoxy groups -OCH3 is 1. The van der Waals surface area contributed by atoms with Crippen molar-refractivity contribution in [3.8, 4) is 17.1 Å². The minimum atomic E-state index is -0.455. The van der Waals surface area contributed by atoms with E-state index in [-0.39, 0.29) is 11.7 Å². The van der Waals surface area contributed by atoms with E-state index in [1.54, 1.807) is 26.2 Å². The van der Waals surface area contributed by atoms with Gasteiger partial charge in [0.25, 0.3) is 5.91 Å². The maximum absolute atomic E-state index is 12.0. The summed E-state index contributed by atoms with van der Waals surface area (Å²) in [5.74, 6) is 1.22. The topological polar surface area (TPSA) is 90.4 Å². The number of benzene rings is 1. The average molecular weight is 313 g/mol. The molecule has 0 fully saturated rings. The highest BCUT2D eigenvalue weighted by Gasteiger charge is 2.20. The minimum Gasteiger partial charge on any atom is -0.496 e. The van der Waals surface area contributed by atoms with Gasteiger partial charge in [-0.2, -0.15) is 4.98 Å². The minimum absolute atomic E-state index is 0.223. The first kappa shape index (κ1) is 14.8. The summed E-state index contributed by atoms with van der Waals surface area (Å²) in [5.41, 5.74) is 0.717. The third kappa shape index (κ3) is 3.08. The zero-order valence-corrected chi connectivity index (χ0v) is 12.6. The Morgan fingerprint density at radius 1 is 1.26 bits per heavy atom. The summed E-state index contributed by atoms with van der Waals surface area (Å²) in [6, 6.07) is 10.1. The van der Waals surface area contributed by atoms with Gasteiger partial charge in [0, 0.05) is 0 Å². The number of aromatic nitrogens is 2. The van der Waals surface area contributed by atoms with Crippen molar-refractivity contribution in [1.82, 2.24) is 15.5 Å². The first-order chi connectivity index (χ1) is 11.2. The Morgan fingerprint density at radius 3 is 2.83 bits per heavy atom. The van der Waals surface area contributed by atoms with Crippen LogP contribution in [0.1, 0.15) is 29.4 Å². The smallest absolute Gasteiger partial charge is 0.287 e. The summed E-state index contributed by atoms with van der Waals surface area (Å²) in [6.07, 6.45) is 1.44. The van der Waals surface area contributed by atoms with Crippen LogP contribution in [0.25, 0.3) is 11.4 Å². The summed E-state index contributed by atoms with van der Waals surface area (Å²) in [4.78, 5) is 16.3. The summed E-state index contributed by atoms with van der Waals surface area (Å²) in [7, 11) is 1.58. The number of ether oxygens (including phenoxy) is 1. The summed E-state index contributed by atoms with van der Waals surface area (Å²) in [5, 5.41) is 6.68. The quantitative estimate of drug-likeness (QED) is 0.779. The number of amides is 1. The van der Waals surface area contributed by atoms with Gasteiger partial charge in [0.2, 0.25) is 11.7 Å². The number of hydrogen-bond donors (Lipinski definition) is 1. The van der Waals surface area contributed by atoms with Gasteiger partial charge in [-0.05, 0) is 31.2 Å². The Labute approximate surface area is 132 Å². The van der Waals surface area contributed by atoms with E-state index in [0.29, 0.717) is 17.5 Å². The Bertz CT molecular complexity index is 795. The standard InChI is InChI=1S/C16H15N3O4/c1-10(17-15(20)13-8-5-9-22-13)16-18-14(19-23-16)11-6-3-4-7-12(11)21-2/h3-10H,1-2H3,(H,17,20)/t10-/m0/s1. The number of nitrogens with one attached hydrogen (secondary N) is 1. The van der Waals surface area contributed by atoms with Crippen molar-refractivity contribution in [3.05, 3.63) is 54.3 Å². The third-order valence-corrected chi connectivity index (χ3v) is 3.25. The van der Waals surface area contributed by atoms with E-state index in [4.69, 9.17) is 13.7 Å². The molecule has 0 bridgehead atoms. The van der Waals surface area contributed by atoms with E-state index in [1.165, 1.54) is 6.26 Å². The van der Waals surface area contributed by atoms with Crippen molar-refractivity contribution in [3.63, 3.8) is 0 Å². The van der Waals surface area contributed by atoms with E-state index in [0.717, 1.165) is 5.56 Å². The van der Waals surface area contributed by atoms with Gasteiger partial charge in [-0.25, -0.2) is 0 Å². The molecule has 7 heteroatoms. The fourth-order valence-electron chi connectivity index (χ4n) is 2.09. The van der Waals surface area contributed by atoms with Gasteiger partial charge in [0.05, 0.1) is 18.9 Å². The summed E-state index contributed by atoms with van der Waals surface area (Å²) < 4.78 is 15.6. The van der Waals surface area contributed by atoms with Crippen LogP contribution in [0.5, 0.6) is 5.75 Å². The van der Waals surface area contributed by atoms with Gasteiger partial charge in [-0.1, -0.05) is 17.3 Å². The van der Waals surface area contributed by atoms with Crippen LogP contribution in [-0.2, 0) is 0 Å². The number of rotatable bonds is 5. The Morgan fingerprint density at radius 2 is 2.09 bits per heavy atom. The molecule has 0 radical (unpaired) electrons. The van der Waals surface area contributed by atoms with E-state index in [1.807, 2.05) is 24.3 Å².